The molecule has 9 nitrogen and oxygen atoms in total. The fourth-order valence-corrected chi connectivity index (χ4v) is 3.08. The van der Waals surface area contributed by atoms with E-state index in [1.165, 1.54) is 43.5 Å². The fraction of sp³-hybridized carbons (Fsp3) is 0.0952. The van der Waals surface area contributed by atoms with Gasteiger partial charge in [-0.05, 0) is 42.5 Å². The van der Waals surface area contributed by atoms with E-state index in [4.69, 9.17) is 30.5 Å². The molecule has 3 aromatic rings. The van der Waals surface area contributed by atoms with Crippen LogP contribution in [0.4, 0.5) is 11.4 Å². The van der Waals surface area contributed by atoms with Crippen molar-refractivity contribution >= 4 is 28.9 Å². The Morgan fingerprint density at radius 1 is 1.03 bits per heavy atom. The number of fused-ring (bicyclic) bond motifs is 1. The first-order valence-corrected chi connectivity index (χ1v) is 9.33. The molecule has 0 aromatic heterocycles. The van der Waals surface area contributed by atoms with Gasteiger partial charge in [0, 0.05) is 28.4 Å². The van der Waals surface area contributed by atoms with Crippen LogP contribution < -0.4 is 24.3 Å². The number of nitrogens with zero attached hydrogens (tertiary/aromatic N) is 1. The number of methoxy groups -OCH3 is 1. The lowest BCUT2D eigenvalue weighted by atomic mass is 10.1. The van der Waals surface area contributed by atoms with Gasteiger partial charge in [-0.25, -0.2) is 0 Å². The van der Waals surface area contributed by atoms with Crippen molar-refractivity contribution < 1.29 is 28.7 Å². The number of ether oxygens (including phenoxy) is 4. The maximum absolute atomic E-state index is 12.6. The van der Waals surface area contributed by atoms with Gasteiger partial charge in [0.2, 0.25) is 12.5 Å². The molecule has 0 unspecified atom stereocenters. The van der Waals surface area contributed by atoms with Crippen LogP contribution in [0.15, 0.2) is 54.6 Å². The molecule has 1 N–H and O–H groups in total. The number of carbonyl (C=O) groups excluding carboxylic acids is 1. The normalized spacial score (nSPS) is 11.7. The lowest BCUT2D eigenvalue weighted by Gasteiger charge is -2.12. The Morgan fingerprint density at radius 2 is 1.81 bits per heavy atom. The smallest absolute Gasteiger partial charge is 0.313 e. The van der Waals surface area contributed by atoms with Crippen LogP contribution in [-0.4, -0.2) is 24.7 Å². The van der Waals surface area contributed by atoms with Crippen LogP contribution >= 0.6 is 11.6 Å². The van der Waals surface area contributed by atoms with Crippen molar-refractivity contribution in [3.8, 4) is 28.7 Å². The molecular formula is C21H15ClN2O7. The second kappa shape index (κ2) is 8.41. The van der Waals surface area contributed by atoms with Crippen LogP contribution in [0.2, 0.25) is 5.02 Å². The van der Waals surface area contributed by atoms with Crippen molar-refractivity contribution in [2.45, 2.75) is 0 Å². The number of nitrogens with one attached hydrogen (secondary N) is 1. The van der Waals surface area contributed by atoms with E-state index in [2.05, 4.69) is 5.32 Å². The summed E-state index contributed by atoms with van der Waals surface area (Å²) < 4.78 is 21.5. The van der Waals surface area contributed by atoms with Crippen molar-refractivity contribution in [2.75, 3.05) is 19.2 Å². The predicted molar refractivity (Wildman–Crippen MR) is 112 cm³/mol. The third-order valence-corrected chi connectivity index (χ3v) is 4.63. The summed E-state index contributed by atoms with van der Waals surface area (Å²) in [5, 5.41) is 14.2. The van der Waals surface area contributed by atoms with E-state index in [0.29, 0.717) is 22.7 Å². The highest BCUT2D eigenvalue weighted by Crippen LogP contribution is 2.38. The summed E-state index contributed by atoms with van der Waals surface area (Å²) in [5.41, 5.74) is 0.539. The molecular weight excluding hydrogens is 428 g/mol. The van der Waals surface area contributed by atoms with Crippen molar-refractivity contribution in [3.63, 3.8) is 0 Å². The van der Waals surface area contributed by atoms with E-state index < -0.39 is 4.92 Å². The van der Waals surface area contributed by atoms with Crippen LogP contribution in [0.5, 0.6) is 28.7 Å². The minimum atomic E-state index is -0.596. The monoisotopic (exact) mass is 442 g/mol. The van der Waals surface area contributed by atoms with Crippen molar-refractivity contribution in [1.29, 1.82) is 0 Å². The van der Waals surface area contributed by atoms with Gasteiger partial charge in [0.25, 0.3) is 5.91 Å². The van der Waals surface area contributed by atoms with Gasteiger partial charge in [-0.15, -0.1) is 0 Å². The van der Waals surface area contributed by atoms with Crippen LogP contribution in [-0.2, 0) is 0 Å². The molecule has 0 fully saturated rings. The quantitative estimate of drug-likeness (QED) is 0.421. The minimum absolute atomic E-state index is 0.00902. The summed E-state index contributed by atoms with van der Waals surface area (Å²) in [5.74, 6) is 1.18. The summed E-state index contributed by atoms with van der Waals surface area (Å²) in [6, 6.07) is 13.6. The largest absolute Gasteiger partial charge is 0.493 e. The van der Waals surface area contributed by atoms with Gasteiger partial charge in [-0.1, -0.05) is 11.6 Å². The molecule has 3 aromatic carbocycles. The molecule has 1 heterocycles. The van der Waals surface area contributed by atoms with Crippen LogP contribution in [0.3, 0.4) is 0 Å². The highest BCUT2D eigenvalue weighted by Gasteiger charge is 2.20. The third-order valence-electron chi connectivity index (χ3n) is 4.39. The average Bonchev–Trinajstić information content (AvgIpc) is 3.23. The van der Waals surface area contributed by atoms with E-state index >= 15 is 0 Å². The molecule has 10 heteroatoms. The predicted octanol–water partition coefficient (Wildman–Crippen LogP) is 5.03. The summed E-state index contributed by atoms with van der Waals surface area (Å²) in [7, 11) is 1.40. The number of anilines is 1. The SMILES string of the molecule is COc1cc(C(=O)Nc2ccc3c(c2)OCO3)ccc1Oc1ccc(Cl)cc1[N+](=O)[O-]. The highest BCUT2D eigenvalue weighted by atomic mass is 35.5. The molecule has 1 aliphatic rings. The number of hydrogen-bond donors (Lipinski definition) is 1. The van der Waals surface area contributed by atoms with Gasteiger partial charge < -0.3 is 24.3 Å². The minimum Gasteiger partial charge on any atom is -0.493 e. The van der Waals surface area contributed by atoms with Gasteiger partial charge in [0.15, 0.2) is 23.0 Å². The topological polar surface area (TPSA) is 109 Å². The molecule has 1 amide bonds. The zero-order valence-electron chi connectivity index (χ0n) is 16.1. The Hall–Kier alpha value is -3.98. The molecule has 0 aliphatic carbocycles. The molecule has 31 heavy (non-hydrogen) atoms. The van der Waals surface area contributed by atoms with Crippen LogP contribution in [0.25, 0.3) is 0 Å². The number of halogens is 1. The first kappa shape index (κ1) is 20.3. The van der Waals surface area contributed by atoms with E-state index in [9.17, 15) is 14.9 Å². The molecule has 0 bridgehead atoms. The Morgan fingerprint density at radius 3 is 2.58 bits per heavy atom. The summed E-state index contributed by atoms with van der Waals surface area (Å²) in [4.78, 5) is 23.3. The molecule has 1 aliphatic heterocycles. The van der Waals surface area contributed by atoms with Crippen molar-refractivity contribution in [2.24, 2.45) is 0 Å². The first-order chi connectivity index (χ1) is 14.9. The van der Waals surface area contributed by atoms with Gasteiger partial charge in [-0.2, -0.15) is 0 Å². The van der Waals surface area contributed by atoms with Crippen molar-refractivity contribution in [3.05, 3.63) is 75.3 Å². The average molecular weight is 443 g/mol. The fourth-order valence-electron chi connectivity index (χ4n) is 2.91. The molecule has 0 saturated heterocycles. The number of hydrogen-bond acceptors (Lipinski definition) is 7. The zero-order chi connectivity index (χ0) is 22.0. The summed E-state index contributed by atoms with van der Waals surface area (Å²) >= 11 is 5.83. The van der Waals surface area contributed by atoms with Crippen molar-refractivity contribution in [1.82, 2.24) is 0 Å². The lowest BCUT2D eigenvalue weighted by molar-refractivity contribution is -0.385. The third kappa shape index (κ3) is 4.31. The maximum Gasteiger partial charge on any atom is 0.313 e. The number of amides is 1. The Balaban J connectivity index is 1.56. The van der Waals surface area contributed by atoms with E-state index in [1.807, 2.05) is 0 Å². The molecule has 0 spiro atoms. The first-order valence-electron chi connectivity index (χ1n) is 8.95. The number of rotatable bonds is 6. The Labute approximate surface area is 181 Å². The highest BCUT2D eigenvalue weighted by molar-refractivity contribution is 6.30. The number of nitro benzene ring substituents is 1. The standard InChI is InChI=1S/C21H15ClN2O7/c1-28-19-8-12(21(25)23-14-4-7-17-20(10-14)30-11-29-17)2-5-18(19)31-16-6-3-13(22)9-15(16)24(26)27/h2-10H,11H2,1H3,(H,23,25). The zero-order valence-corrected chi connectivity index (χ0v) is 16.8. The molecule has 4 rings (SSSR count). The molecule has 0 saturated carbocycles. The van der Waals surface area contributed by atoms with E-state index in [1.54, 1.807) is 18.2 Å². The Bertz CT molecular complexity index is 1180. The number of benzene rings is 3. The molecule has 158 valence electrons. The van der Waals surface area contributed by atoms with Crippen LogP contribution in [0, 0.1) is 10.1 Å². The lowest BCUT2D eigenvalue weighted by Crippen LogP contribution is -2.12. The maximum atomic E-state index is 12.6. The Kier molecular flexibility index (Phi) is 5.50. The summed E-state index contributed by atoms with van der Waals surface area (Å²) in [6.45, 7) is 0.136. The second-order valence-electron chi connectivity index (χ2n) is 6.36. The van der Waals surface area contributed by atoms with Gasteiger partial charge in [0.05, 0.1) is 12.0 Å². The second-order valence-corrected chi connectivity index (χ2v) is 6.80. The summed E-state index contributed by atoms with van der Waals surface area (Å²) in [6.07, 6.45) is 0. The molecule has 0 atom stereocenters. The number of carbonyl (C=O) groups is 1. The van der Waals surface area contributed by atoms with Gasteiger partial charge in [0.1, 0.15) is 0 Å². The van der Waals surface area contributed by atoms with Crippen LogP contribution in [0.1, 0.15) is 10.4 Å². The molecule has 0 radical (unpaired) electrons. The number of nitro groups is 1. The van der Waals surface area contributed by atoms with Gasteiger partial charge in [-0.3, -0.25) is 14.9 Å². The van der Waals surface area contributed by atoms with Gasteiger partial charge >= 0.3 is 5.69 Å². The van der Waals surface area contributed by atoms with E-state index in [0.717, 1.165) is 0 Å². The van der Waals surface area contributed by atoms with E-state index in [-0.39, 0.29) is 40.7 Å².